The van der Waals surface area contributed by atoms with Gasteiger partial charge in [0.05, 0.1) is 6.04 Å². The number of amides is 1. The van der Waals surface area contributed by atoms with E-state index >= 15 is 0 Å². The first-order chi connectivity index (χ1) is 10.2. The molecule has 1 aromatic carbocycles. The Bertz CT molecular complexity index is 435. The van der Waals surface area contributed by atoms with Gasteiger partial charge in [0.1, 0.15) is 0 Å². The van der Waals surface area contributed by atoms with Crippen LogP contribution in [-0.4, -0.2) is 43.0 Å². The minimum Gasteiger partial charge on any atom is -0.353 e. The number of nitrogens with zero attached hydrogens (tertiary/aromatic N) is 1. The standard InChI is InChI=1S/C17H27N3O/c1-20-12-6-5-9-15(20)13-19-17(21)16(18)11-10-14-7-3-2-4-8-14/h2-4,7-8,15-16H,5-6,9-13,18H2,1H3,(H,19,21). The normalized spacial score (nSPS) is 21.0. The first-order valence-electron chi connectivity index (χ1n) is 7.94. The zero-order chi connectivity index (χ0) is 15.1. The van der Waals surface area contributed by atoms with E-state index in [-0.39, 0.29) is 5.91 Å². The minimum absolute atomic E-state index is 0.0232. The molecule has 0 radical (unpaired) electrons. The Morgan fingerprint density at radius 1 is 1.38 bits per heavy atom. The summed E-state index contributed by atoms with van der Waals surface area (Å²) in [5.74, 6) is -0.0232. The molecule has 0 aliphatic carbocycles. The molecule has 3 N–H and O–H groups in total. The second-order valence-electron chi connectivity index (χ2n) is 6.01. The topological polar surface area (TPSA) is 58.4 Å². The lowest BCUT2D eigenvalue weighted by Crippen LogP contribution is -2.48. The molecule has 2 rings (SSSR count). The van der Waals surface area contributed by atoms with E-state index in [0.717, 1.165) is 19.4 Å². The molecule has 1 aliphatic heterocycles. The number of likely N-dealkylation sites (tertiary alicyclic amines) is 1. The smallest absolute Gasteiger partial charge is 0.236 e. The molecule has 1 heterocycles. The van der Waals surface area contributed by atoms with Crippen molar-refractivity contribution < 1.29 is 4.79 Å². The summed E-state index contributed by atoms with van der Waals surface area (Å²) >= 11 is 0. The predicted octanol–water partition coefficient (Wildman–Crippen LogP) is 1.55. The third kappa shape index (κ3) is 5.14. The Labute approximate surface area is 127 Å². The van der Waals surface area contributed by atoms with Crippen LogP contribution in [0.3, 0.4) is 0 Å². The largest absolute Gasteiger partial charge is 0.353 e. The van der Waals surface area contributed by atoms with E-state index in [1.165, 1.54) is 18.4 Å². The summed E-state index contributed by atoms with van der Waals surface area (Å²) < 4.78 is 0. The van der Waals surface area contributed by atoms with Crippen LogP contribution in [0.1, 0.15) is 31.2 Å². The van der Waals surface area contributed by atoms with Gasteiger partial charge in [0.15, 0.2) is 0 Å². The summed E-state index contributed by atoms with van der Waals surface area (Å²) in [6.45, 7) is 1.84. The van der Waals surface area contributed by atoms with Gasteiger partial charge in [-0.25, -0.2) is 0 Å². The highest BCUT2D eigenvalue weighted by Crippen LogP contribution is 2.14. The number of nitrogens with two attached hydrogens (primary N) is 1. The molecule has 1 aromatic rings. The van der Waals surface area contributed by atoms with E-state index in [4.69, 9.17) is 5.73 Å². The third-order valence-corrected chi connectivity index (χ3v) is 4.36. The number of hydrogen-bond donors (Lipinski definition) is 2. The maximum absolute atomic E-state index is 12.1. The monoisotopic (exact) mass is 289 g/mol. The number of nitrogens with one attached hydrogen (secondary N) is 1. The summed E-state index contributed by atoms with van der Waals surface area (Å²) in [6, 6.07) is 10.2. The number of carbonyl (C=O) groups is 1. The molecule has 1 saturated heterocycles. The summed E-state index contributed by atoms with van der Waals surface area (Å²) in [4.78, 5) is 14.4. The van der Waals surface area contributed by atoms with Crippen molar-refractivity contribution in [3.8, 4) is 0 Å². The number of benzene rings is 1. The summed E-state index contributed by atoms with van der Waals surface area (Å²) in [7, 11) is 2.13. The van der Waals surface area contributed by atoms with Crippen molar-refractivity contribution in [3.63, 3.8) is 0 Å². The lowest BCUT2D eigenvalue weighted by atomic mass is 10.0. The summed E-state index contributed by atoms with van der Waals surface area (Å²) in [6.07, 6.45) is 5.22. The molecule has 4 heteroatoms. The van der Waals surface area contributed by atoms with Gasteiger partial charge in [0, 0.05) is 12.6 Å². The minimum atomic E-state index is -0.417. The van der Waals surface area contributed by atoms with Crippen molar-refractivity contribution in [1.82, 2.24) is 10.2 Å². The number of aryl methyl sites for hydroxylation is 1. The maximum Gasteiger partial charge on any atom is 0.236 e. The van der Waals surface area contributed by atoms with Crippen LogP contribution in [0.25, 0.3) is 0 Å². The quantitative estimate of drug-likeness (QED) is 0.835. The van der Waals surface area contributed by atoms with Crippen LogP contribution in [0.5, 0.6) is 0 Å². The lowest BCUT2D eigenvalue weighted by molar-refractivity contribution is -0.122. The van der Waals surface area contributed by atoms with Crippen molar-refractivity contribution in [2.75, 3.05) is 20.1 Å². The van der Waals surface area contributed by atoms with Gasteiger partial charge in [-0.1, -0.05) is 36.8 Å². The molecule has 0 aromatic heterocycles. The molecule has 116 valence electrons. The van der Waals surface area contributed by atoms with E-state index in [9.17, 15) is 4.79 Å². The highest BCUT2D eigenvalue weighted by molar-refractivity contribution is 5.81. The Morgan fingerprint density at radius 2 is 2.14 bits per heavy atom. The van der Waals surface area contributed by atoms with E-state index in [1.54, 1.807) is 0 Å². The number of hydrogen-bond acceptors (Lipinski definition) is 3. The van der Waals surface area contributed by atoms with Crippen LogP contribution in [0.2, 0.25) is 0 Å². The molecule has 2 unspecified atom stereocenters. The highest BCUT2D eigenvalue weighted by Gasteiger charge is 2.20. The van der Waals surface area contributed by atoms with Gasteiger partial charge >= 0.3 is 0 Å². The zero-order valence-electron chi connectivity index (χ0n) is 12.9. The van der Waals surface area contributed by atoms with Gasteiger partial charge in [-0.05, 0) is 44.8 Å². The molecule has 4 nitrogen and oxygen atoms in total. The molecule has 0 saturated carbocycles. The molecule has 1 aliphatic rings. The second kappa shape index (κ2) is 8.15. The van der Waals surface area contributed by atoms with Crippen LogP contribution in [0.15, 0.2) is 30.3 Å². The SMILES string of the molecule is CN1CCCCC1CNC(=O)C(N)CCc1ccccc1. The van der Waals surface area contributed by atoms with Crippen molar-refractivity contribution >= 4 is 5.91 Å². The Kier molecular flexibility index (Phi) is 6.21. The van der Waals surface area contributed by atoms with Crippen molar-refractivity contribution in [3.05, 3.63) is 35.9 Å². The Balaban J connectivity index is 1.70. The molecule has 0 spiro atoms. The lowest BCUT2D eigenvalue weighted by Gasteiger charge is -2.32. The van der Waals surface area contributed by atoms with Gasteiger partial charge in [-0.15, -0.1) is 0 Å². The highest BCUT2D eigenvalue weighted by atomic mass is 16.2. The second-order valence-corrected chi connectivity index (χ2v) is 6.01. The van der Waals surface area contributed by atoms with E-state index < -0.39 is 6.04 Å². The summed E-state index contributed by atoms with van der Waals surface area (Å²) in [5.41, 5.74) is 7.22. The number of likely N-dealkylation sites (N-methyl/N-ethyl adjacent to an activating group) is 1. The van der Waals surface area contributed by atoms with Crippen LogP contribution in [0.4, 0.5) is 0 Å². The number of carbonyl (C=O) groups excluding carboxylic acids is 1. The average molecular weight is 289 g/mol. The first kappa shape index (κ1) is 16.0. The summed E-state index contributed by atoms with van der Waals surface area (Å²) in [5, 5.41) is 3.01. The van der Waals surface area contributed by atoms with Gasteiger partial charge in [0.25, 0.3) is 0 Å². The van der Waals surface area contributed by atoms with Crippen LogP contribution in [-0.2, 0) is 11.2 Å². The molecule has 2 atom stereocenters. The van der Waals surface area contributed by atoms with Crippen molar-refractivity contribution in [2.45, 2.75) is 44.2 Å². The zero-order valence-corrected chi connectivity index (χ0v) is 12.9. The van der Waals surface area contributed by atoms with Gasteiger partial charge in [0.2, 0.25) is 5.91 Å². The average Bonchev–Trinajstić information content (AvgIpc) is 2.52. The van der Waals surface area contributed by atoms with Gasteiger partial charge in [-0.3, -0.25) is 4.79 Å². The molecular formula is C17H27N3O. The van der Waals surface area contributed by atoms with Crippen LogP contribution >= 0.6 is 0 Å². The third-order valence-electron chi connectivity index (χ3n) is 4.36. The van der Waals surface area contributed by atoms with Crippen LogP contribution in [0, 0.1) is 0 Å². The maximum atomic E-state index is 12.1. The van der Waals surface area contributed by atoms with Crippen molar-refractivity contribution in [2.24, 2.45) is 5.73 Å². The molecular weight excluding hydrogens is 262 g/mol. The van der Waals surface area contributed by atoms with Gasteiger partial charge in [-0.2, -0.15) is 0 Å². The van der Waals surface area contributed by atoms with E-state index in [2.05, 4.69) is 29.4 Å². The Morgan fingerprint density at radius 3 is 2.86 bits per heavy atom. The van der Waals surface area contributed by atoms with E-state index in [1.807, 2.05) is 18.2 Å². The predicted molar refractivity (Wildman–Crippen MR) is 86.0 cm³/mol. The fourth-order valence-electron chi connectivity index (χ4n) is 2.85. The fourth-order valence-corrected chi connectivity index (χ4v) is 2.85. The molecule has 21 heavy (non-hydrogen) atoms. The van der Waals surface area contributed by atoms with Crippen molar-refractivity contribution in [1.29, 1.82) is 0 Å². The molecule has 1 fully saturated rings. The first-order valence-corrected chi connectivity index (χ1v) is 7.94. The van der Waals surface area contributed by atoms with E-state index in [0.29, 0.717) is 19.0 Å². The number of piperidine rings is 1. The fraction of sp³-hybridized carbons (Fsp3) is 0.588. The molecule has 0 bridgehead atoms. The Hall–Kier alpha value is -1.39. The van der Waals surface area contributed by atoms with Gasteiger partial charge < -0.3 is 16.0 Å². The van der Waals surface area contributed by atoms with Crippen LogP contribution < -0.4 is 11.1 Å². The molecule has 1 amide bonds. The number of rotatable bonds is 6.